The third-order valence-corrected chi connectivity index (χ3v) is 6.22. The Balaban J connectivity index is 0.00000261. The summed E-state index contributed by atoms with van der Waals surface area (Å²) in [4.78, 5) is 20.2. The SMILES string of the molecule is CCNC(=NCC1CCCN(C)C1c1cccs1)NC1CCC(=O)NC1.I. The number of amides is 1. The number of piperidine rings is 2. The van der Waals surface area contributed by atoms with Crippen LogP contribution in [0.1, 0.15) is 43.5 Å². The average molecular weight is 505 g/mol. The molecular weight excluding hydrogens is 473 g/mol. The van der Waals surface area contributed by atoms with Crippen LogP contribution in [0.3, 0.4) is 0 Å². The second-order valence-electron chi connectivity index (χ2n) is 7.25. The van der Waals surface area contributed by atoms with Gasteiger partial charge in [0.2, 0.25) is 5.91 Å². The Morgan fingerprint density at radius 2 is 2.30 bits per heavy atom. The number of hydrogen-bond donors (Lipinski definition) is 3. The molecule has 2 aliphatic rings. The van der Waals surface area contributed by atoms with Gasteiger partial charge in [-0.2, -0.15) is 0 Å². The van der Waals surface area contributed by atoms with Crippen LogP contribution in [0.25, 0.3) is 0 Å². The number of aliphatic imine (C=N–C) groups is 1. The number of nitrogens with one attached hydrogen (secondary N) is 3. The molecule has 0 spiro atoms. The molecule has 2 saturated heterocycles. The van der Waals surface area contributed by atoms with Gasteiger partial charge in [-0.1, -0.05) is 6.07 Å². The summed E-state index contributed by atoms with van der Waals surface area (Å²) >= 11 is 1.85. The molecule has 152 valence electrons. The molecule has 6 nitrogen and oxygen atoms in total. The minimum atomic E-state index is 0. The lowest BCUT2D eigenvalue weighted by atomic mass is 9.88. The predicted octanol–water partition coefficient (Wildman–Crippen LogP) is 2.58. The first-order valence-corrected chi connectivity index (χ1v) is 10.6. The van der Waals surface area contributed by atoms with Gasteiger partial charge in [-0.15, -0.1) is 35.3 Å². The predicted molar refractivity (Wildman–Crippen MR) is 123 cm³/mol. The van der Waals surface area contributed by atoms with Crippen LogP contribution in [0, 0.1) is 5.92 Å². The van der Waals surface area contributed by atoms with Crippen molar-refractivity contribution in [1.82, 2.24) is 20.9 Å². The zero-order valence-corrected chi connectivity index (χ0v) is 19.4. The molecule has 2 aliphatic heterocycles. The fraction of sp³-hybridized carbons (Fsp3) is 0.684. The number of nitrogens with zero attached hydrogens (tertiary/aromatic N) is 2. The number of hydrogen-bond acceptors (Lipinski definition) is 4. The first-order chi connectivity index (χ1) is 12.7. The summed E-state index contributed by atoms with van der Waals surface area (Å²) in [6.45, 7) is 5.57. The fourth-order valence-corrected chi connectivity index (χ4v) is 4.92. The van der Waals surface area contributed by atoms with Crippen molar-refractivity contribution in [3.8, 4) is 0 Å². The number of rotatable bonds is 5. The van der Waals surface area contributed by atoms with Crippen molar-refractivity contribution in [2.45, 2.75) is 44.7 Å². The zero-order chi connectivity index (χ0) is 18.4. The third kappa shape index (κ3) is 6.32. The summed E-state index contributed by atoms with van der Waals surface area (Å²) in [6.07, 6.45) is 3.90. The van der Waals surface area contributed by atoms with Gasteiger partial charge in [0.05, 0.1) is 0 Å². The van der Waals surface area contributed by atoms with Crippen LogP contribution in [0.4, 0.5) is 0 Å². The van der Waals surface area contributed by atoms with Crippen LogP contribution in [0.2, 0.25) is 0 Å². The molecule has 3 unspecified atom stereocenters. The van der Waals surface area contributed by atoms with Crippen molar-refractivity contribution in [2.75, 3.05) is 33.2 Å². The summed E-state index contributed by atoms with van der Waals surface area (Å²) in [5, 5.41) is 11.9. The molecule has 0 saturated carbocycles. The first-order valence-electron chi connectivity index (χ1n) is 9.72. The Kier molecular flexibility index (Phi) is 9.31. The zero-order valence-electron chi connectivity index (χ0n) is 16.2. The number of carbonyl (C=O) groups is 1. The van der Waals surface area contributed by atoms with E-state index in [0.29, 0.717) is 24.9 Å². The molecule has 3 heterocycles. The van der Waals surface area contributed by atoms with Crippen LogP contribution in [0.5, 0.6) is 0 Å². The topological polar surface area (TPSA) is 68.8 Å². The minimum absolute atomic E-state index is 0. The highest BCUT2D eigenvalue weighted by molar-refractivity contribution is 14.0. The summed E-state index contributed by atoms with van der Waals surface area (Å²) < 4.78 is 0. The van der Waals surface area contributed by atoms with Crippen molar-refractivity contribution < 1.29 is 4.79 Å². The largest absolute Gasteiger partial charge is 0.357 e. The number of guanidine groups is 1. The molecule has 27 heavy (non-hydrogen) atoms. The molecule has 1 amide bonds. The van der Waals surface area contributed by atoms with Crippen LogP contribution in [0.15, 0.2) is 22.5 Å². The van der Waals surface area contributed by atoms with E-state index < -0.39 is 0 Å². The smallest absolute Gasteiger partial charge is 0.220 e. The maximum Gasteiger partial charge on any atom is 0.220 e. The molecule has 2 fully saturated rings. The molecule has 3 rings (SSSR count). The van der Waals surface area contributed by atoms with E-state index in [1.54, 1.807) is 0 Å². The monoisotopic (exact) mass is 505 g/mol. The van der Waals surface area contributed by atoms with Gasteiger partial charge < -0.3 is 16.0 Å². The molecule has 8 heteroatoms. The van der Waals surface area contributed by atoms with Gasteiger partial charge in [-0.25, -0.2) is 0 Å². The molecule has 3 N–H and O–H groups in total. The average Bonchev–Trinajstić information content (AvgIpc) is 3.16. The first kappa shape index (κ1) is 22.4. The van der Waals surface area contributed by atoms with E-state index in [2.05, 4.69) is 52.3 Å². The Bertz CT molecular complexity index is 599. The van der Waals surface area contributed by atoms with Crippen LogP contribution in [-0.2, 0) is 4.79 Å². The summed E-state index contributed by atoms with van der Waals surface area (Å²) in [7, 11) is 2.23. The second-order valence-corrected chi connectivity index (χ2v) is 8.23. The van der Waals surface area contributed by atoms with Gasteiger partial charge in [-0.05, 0) is 57.1 Å². The summed E-state index contributed by atoms with van der Waals surface area (Å²) in [5.41, 5.74) is 0. The molecule has 0 radical (unpaired) electrons. The number of halogens is 1. The maximum atomic E-state index is 11.3. The van der Waals surface area contributed by atoms with Crippen molar-refractivity contribution in [2.24, 2.45) is 10.9 Å². The van der Waals surface area contributed by atoms with Gasteiger partial charge in [0, 0.05) is 43.0 Å². The molecule has 1 aromatic heterocycles. The third-order valence-electron chi connectivity index (χ3n) is 5.28. The van der Waals surface area contributed by atoms with Gasteiger partial charge in [0.25, 0.3) is 0 Å². The van der Waals surface area contributed by atoms with E-state index in [9.17, 15) is 4.79 Å². The van der Waals surface area contributed by atoms with E-state index in [0.717, 1.165) is 32.0 Å². The van der Waals surface area contributed by atoms with E-state index in [1.807, 2.05) is 11.3 Å². The standard InChI is InChI=1S/C19H31N5OS.HI/c1-3-20-19(23-15-8-9-17(25)21-13-15)22-12-14-6-4-10-24(2)18(14)16-7-5-11-26-16;/h5,7,11,14-15,18H,3-4,6,8-10,12-13H2,1-2H3,(H,21,25)(H2,20,22,23);1H. The molecule has 0 bridgehead atoms. The molecule has 3 atom stereocenters. The normalized spacial score (nSPS) is 26.8. The summed E-state index contributed by atoms with van der Waals surface area (Å²) in [5.74, 6) is 1.55. The second kappa shape index (κ2) is 11.2. The van der Waals surface area contributed by atoms with E-state index in [-0.39, 0.29) is 35.9 Å². The Hall–Kier alpha value is -0.870. The van der Waals surface area contributed by atoms with Gasteiger partial charge in [0.15, 0.2) is 5.96 Å². The minimum Gasteiger partial charge on any atom is -0.357 e. The number of carbonyl (C=O) groups excluding carboxylic acids is 1. The highest BCUT2D eigenvalue weighted by atomic mass is 127. The summed E-state index contributed by atoms with van der Waals surface area (Å²) in [6, 6.07) is 5.12. The van der Waals surface area contributed by atoms with Gasteiger partial charge in [0.1, 0.15) is 0 Å². The van der Waals surface area contributed by atoms with E-state index in [1.165, 1.54) is 17.7 Å². The van der Waals surface area contributed by atoms with Crippen LogP contribution in [-0.4, -0.2) is 56.0 Å². The van der Waals surface area contributed by atoms with E-state index >= 15 is 0 Å². The molecule has 1 aromatic rings. The Morgan fingerprint density at radius 3 is 2.96 bits per heavy atom. The van der Waals surface area contributed by atoms with Crippen molar-refractivity contribution >= 4 is 47.2 Å². The molecular formula is C19H32IN5OS. The lowest BCUT2D eigenvalue weighted by Gasteiger charge is -2.38. The quantitative estimate of drug-likeness (QED) is 0.327. The van der Waals surface area contributed by atoms with Gasteiger partial charge in [-0.3, -0.25) is 14.7 Å². The highest BCUT2D eigenvalue weighted by Gasteiger charge is 2.31. The van der Waals surface area contributed by atoms with Crippen molar-refractivity contribution in [3.05, 3.63) is 22.4 Å². The molecule has 0 aromatic carbocycles. The van der Waals surface area contributed by atoms with Gasteiger partial charge >= 0.3 is 0 Å². The van der Waals surface area contributed by atoms with Crippen molar-refractivity contribution in [1.29, 1.82) is 0 Å². The number of thiophene rings is 1. The maximum absolute atomic E-state index is 11.3. The fourth-order valence-electron chi connectivity index (χ4n) is 3.94. The van der Waals surface area contributed by atoms with Crippen LogP contribution >= 0.6 is 35.3 Å². The molecule has 0 aliphatic carbocycles. The Morgan fingerprint density at radius 1 is 1.44 bits per heavy atom. The van der Waals surface area contributed by atoms with Crippen molar-refractivity contribution in [3.63, 3.8) is 0 Å². The number of likely N-dealkylation sites (tertiary alicyclic amines) is 1. The van der Waals surface area contributed by atoms with E-state index in [4.69, 9.17) is 4.99 Å². The Labute approximate surface area is 183 Å². The van der Waals surface area contributed by atoms with Crippen LogP contribution < -0.4 is 16.0 Å². The lowest BCUT2D eigenvalue weighted by molar-refractivity contribution is -0.122. The lowest BCUT2D eigenvalue weighted by Crippen LogP contribution is -2.51. The highest BCUT2D eigenvalue weighted by Crippen LogP contribution is 2.37.